The summed E-state index contributed by atoms with van der Waals surface area (Å²) in [7, 11) is -3.14. The van der Waals surface area contributed by atoms with Crippen LogP contribution in [-0.4, -0.2) is 25.1 Å². The number of halogens is 6. The van der Waals surface area contributed by atoms with E-state index in [1.54, 1.807) is 4.72 Å². The Morgan fingerprint density at radius 1 is 1.24 bits per heavy atom. The van der Waals surface area contributed by atoms with Crippen LogP contribution in [0.4, 0.5) is 27.6 Å². The number of benzene rings is 1. The van der Waals surface area contributed by atoms with Gasteiger partial charge in [0.2, 0.25) is 0 Å². The second kappa shape index (κ2) is 8.03. The van der Waals surface area contributed by atoms with Crippen molar-refractivity contribution >= 4 is 33.2 Å². The standard InChI is InChI=1S/C16H13ClF5N3O3S/c1-8(6-16(20,21)22)24-29(27,28)10-5-13(25(2)7-10)15(26)23-9-3-11(17)14(19)12(18)4-9/h3-5,7,24H,1,6H2,2H3,(H,23,26). The van der Waals surface area contributed by atoms with E-state index in [4.69, 9.17) is 11.6 Å². The molecule has 0 bridgehead atoms. The summed E-state index contributed by atoms with van der Waals surface area (Å²) in [4.78, 5) is 11.8. The molecule has 0 atom stereocenters. The highest BCUT2D eigenvalue weighted by Gasteiger charge is 2.30. The fourth-order valence-corrected chi connectivity index (χ4v) is 3.60. The van der Waals surface area contributed by atoms with Crippen molar-refractivity contribution in [1.29, 1.82) is 0 Å². The Hall–Kier alpha value is -2.60. The van der Waals surface area contributed by atoms with Gasteiger partial charge < -0.3 is 9.88 Å². The fraction of sp³-hybridized carbons (Fsp3) is 0.188. The van der Waals surface area contributed by atoms with Crippen LogP contribution in [0.15, 0.2) is 41.6 Å². The van der Waals surface area contributed by atoms with Gasteiger partial charge in [-0.2, -0.15) is 13.2 Å². The van der Waals surface area contributed by atoms with Crippen molar-refractivity contribution in [2.24, 2.45) is 7.05 Å². The van der Waals surface area contributed by atoms with Crippen LogP contribution in [0.25, 0.3) is 0 Å². The molecule has 1 heterocycles. The summed E-state index contributed by atoms with van der Waals surface area (Å²) in [6.07, 6.45) is -5.24. The van der Waals surface area contributed by atoms with Gasteiger partial charge in [0.25, 0.3) is 15.9 Å². The van der Waals surface area contributed by atoms with Crippen molar-refractivity contribution in [3.05, 3.63) is 59.0 Å². The first-order valence-corrected chi connectivity index (χ1v) is 9.45. The molecule has 1 aromatic heterocycles. The van der Waals surface area contributed by atoms with Gasteiger partial charge in [0, 0.05) is 30.7 Å². The molecule has 0 fully saturated rings. The Morgan fingerprint density at radius 2 is 1.86 bits per heavy atom. The molecule has 1 amide bonds. The minimum absolute atomic E-state index is 0.193. The molecule has 13 heteroatoms. The van der Waals surface area contributed by atoms with Crippen molar-refractivity contribution < 1.29 is 35.2 Å². The molecule has 158 valence electrons. The molecule has 1 aromatic carbocycles. The van der Waals surface area contributed by atoms with E-state index in [-0.39, 0.29) is 11.4 Å². The topological polar surface area (TPSA) is 80.2 Å². The molecule has 0 saturated heterocycles. The monoisotopic (exact) mass is 457 g/mol. The fourth-order valence-electron chi connectivity index (χ4n) is 2.26. The molecule has 6 nitrogen and oxygen atoms in total. The number of amides is 1. The predicted molar refractivity (Wildman–Crippen MR) is 94.9 cm³/mol. The number of allylic oxidation sites excluding steroid dienone is 1. The summed E-state index contributed by atoms with van der Waals surface area (Å²) in [6.45, 7) is 3.02. The van der Waals surface area contributed by atoms with Gasteiger partial charge >= 0.3 is 6.18 Å². The molecule has 0 aliphatic heterocycles. The minimum Gasteiger partial charge on any atom is -0.345 e. The van der Waals surface area contributed by atoms with Gasteiger partial charge in [-0.15, -0.1) is 0 Å². The number of aromatic nitrogens is 1. The van der Waals surface area contributed by atoms with Crippen LogP contribution >= 0.6 is 11.6 Å². The Balaban J connectivity index is 2.23. The normalized spacial score (nSPS) is 12.0. The summed E-state index contributed by atoms with van der Waals surface area (Å²) in [5.74, 6) is -3.51. The van der Waals surface area contributed by atoms with Crippen LogP contribution < -0.4 is 10.0 Å². The second-order valence-electron chi connectivity index (χ2n) is 5.88. The van der Waals surface area contributed by atoms with Crippen LogP contribution in [0.5, 0.6) is 0 Å². The Morgan fingerprint density at radius 3 is 2.41 bits per heavy atom. The molecule has 0 aliphatic rings. The van der Waals surface area contributed by atoms with E-state index in [0.717, 1.165) is 22.9 Å². The van der Waals surface area contributed by atoms with Gasteiger partial charge in [-0.05, 0) is 12.1 Å². The zero-order valence-corrected chi connectivity index (χ0v) is 16.1. The maximum Gasteiger partial charge on any atom is 0.394 e. The van der Waals surface area contributed by atoms with Crippen LogP contribution in [0, 0.1) is 11.6 Å². The molecule has 0 spiro atoms. The highest BCUT2D eigenvalue weighted by Crippen LogP contribution is 2.25. The number of alkyl halides is 3. The predicted octanol–water partition coefficient (Wildman–Crippen LogP) is 3.95. The lowest BCUT2D eigenvalue weighted by Crippen LogP contribution is -2.25. The third-order valence-electron chi connectivity index (χ3n) is 3.46. The summed E-state index contributed by atoms with van der Waals surface area (Å²) >= 11 is 5.49. The van der Waals surface area contributed by atoms with E-state index >= 15 is 0 Å². The third-order valence-corrected chi connectivity index (χ3v) is 5.13. The average molecular weight is 458 g/mol. The molecule has 0 unspecified atom stereocenters. The van der Waals surface area contributed by atoms with Crippen molar-refractivity contribution in [3.8, 4) is 0 Å². The average Bonchev–Trinajstić information content (AvgIpc) is 2.93. The smallest absolute Gasteiger partial charge is 0.345 e. The van der Waals surface area contributed by atoms with Crippen LogP contribution in [0.2, 0.25) is 5.02 Å². The number of hydrogen-bond acceptors (Lipinski definition) is 3. The number of nitrogens with zero attached hydrogens (tertiary/aromatic N) is 1. The first-order chi connectivity index (χ1) is 13.2. The highest BCUT2D eigenvalue weighted by molar-refractivity contribution is 7.89. The second-order valence-corrected chi connectivity index (χ2v) is 7.97. The number of carbonyl (C=O) groups excluding carboxylic acids is 1. The number of rotatable bonds is 6. The SMILES string of the molecule is C=C(CC(F)(F)F)NS(=O)(=O)c1cc(C(=O)Nc2cc(F)c(F)c(Cl)c2)n(C)c1. The van der Waals surface area contributed by atoms with Gasteiger partial charge in [-0.3, -0.25) is 9.52 Å². The zero-order chi connectivity index (χ0) is 22.1. The van der Waals surface area contributed by atoms with Gasteiger partial charge in [-0.1, -0.05) is 18.2 Å². The Labute approximate surface area is 167 Å². The molecular weight excluding hydrogens is 445 g/mol. The first-order valence-electron chi connectivity index (χ1n) is 7.59. The molecule has 2 N–H and O–H groups in total. The van der Waals surface area contributed by atoms with E-state index in [2.05, 4.69) is 11.9 Å². The van der Waals surface area contributed by atoms with Crippen LogP contribution in [0.1, 0.15) is 16.9 Å². The molecule has 0 aliphatic carbocycles. The van der Waals surface area contributed by atoms with Gasteiger partial charge in [-0.25, -0.2) is 17.2 Å². The number of carbonyl (C=O) groups is 1. The summed E-state index contributed by atoms with van der Waals surface area (Å²) < 4.78 is 90.8. The number of hydrogen-bond donors (Lipinski definition) is 2. The van der Waals surface area contributed by atoms with E-state index in [1.807, 2.05) is 0 Å². The first kappa shape index (κ1) is 22.7. The molecule has 0 radical (unpaired) electrons. The third kappa shape index (κ3) is 5.70. The molecular formula is C16H13ClF5N3O3S. The lowest BCUT2D eigenvalue weighted by atomic mass is 10.3. The summed E-state index contributed by atoms with van der Waals surface area (Å²) in [6, 6.07) is 2.50. The molecule has 2 aromatic rings. The van der Waals surface area contributed by atoms with Gasteiger partial charge in [0.05, 0.1) is 11.4 Å². The van der Waals surface area contributed by atoms with E-state index in [1.165, 1.54) is 7.05 Å². The Bertz CT molecular complexity index is 1060. The van der Waals surface area contributed by atoms with Gasteiger partial charge in [0.15, 0.2) is 11.6 Å². The van der Waals surface area contributed by atoms with E-state index in [9.17, 15) is 35.2 Å². The lowest BCUT2D eigenvalue weighted by molar-refractivity contribution is -0.127. The lowest BCUT2D eigenvalue weighted by Gasteiger charge is -2.11. The largest absolute Gasteiger partial charge is 0.394 e. The number of nitrogens with one attached hydrogen (secondary N) is 2. The van der Waals surface area contributed by atoms with Crippen molar-refractivity contribution in [1.82, 2.24) is 9.29 Å². The molecule has 0 saturated carbocycles. The summed E-state index contributed by atoms with van der Waals surface area (Å²) in [5.41, 5.74) is -1.22. The van der Waals surface area contributed by atoms with Crippen LogP contribution in [-0.2, 0) is 17.1 Å². The maximum atomic E-state index is 13.4. The van der Waals surface area contributed by atoms with Crippen LogP contribution in [0.3, 0.4) is 0 Å². The number of anilines is 1. The van der Waals surface area contributed by atoms with E-state index in [0.29, 0.717) is 6.07 Å². The molecule has 2 rings (SSSR count). The van der Waals surface area contributed by atoms with Gasteiger partial charge in [0.1, 0.15) is 10.6 Å². The van der Waals surface area contributed by atoms with E-state index < -0.39 is 55.8 Å². The molecule has 29 heavy (non-hydrogen) atoms. The quantitative estimate of drug-likeness (QED) is 0.509. The van der Waals surface area contributed by atoms with Crippen molar-refractivity contribution in [2.75, 3.05) is 5.32 Å². The Kier molecular flexibility index (Phi) is 6.28. The zero-order valence-electron chi connectivity index (χ0n) is 14.6. The minimum atomic E-state index is -4.66. The number of aryl methyl sites for hydroxylation is 1. The van der Waals surface area contributed by atoms with Crippen molar-refractivity contribution in [2.45, 2.75) is 17.5 Å². The summed E-state index contributed by atoms with van der Waals surface area (Å²) in [5, 5.41) is 1.63. The maximum absolute atomic E-state index is 13.4. The highest BCUT2D eigenvalue weighted by atomic mass is 35.5. The number of sulfonamides is 1. The van der Waals surface area contributed by atoms with Crippen molar-refractivity contribution in [3.63, 3.8) is 0 Å².